The van der Waals surface area contributed by atoms with Crippen molar-refractivity contribution in [3.05, 3.63) is 0 Å². The number of nitrogens with two attached hydrogens (primary N) is 1. The minimum Gasteiger partial charge on any atom is -0.378 e. The van der Waals surface area contributed by atoms with Gasteiger partial charge in [0.1, 0.15) is 0 Å². The second kappa shape index (κ2) is 4.42. The maximum absolute atomic E-state index is 8.87. The fourth-order valence-corrected chi connectivity index (χ4v) is 5.02. The van der Waals surface area contributed by atoms with Crippen molar-refractivity contribution in [2.24, 2.45) is 28.5 Å². The van der Waals surface area contributed by atoms with E-state index in [1.807, 2.05) is 0 Å². The van der Waals surface area contributed by atoms with Crippen molar-refractivity contribution in [3.63, 3.8) is 0 Å². The third-order valence-corrected chi connectivity index (χ3v) is 5.17. The zero-order chi connectivity index (χ0) is 12.8. The van der Waals surface area contributed by atoms with Crippen molar-refractivity contribution < 1.29 is 10.1 Å². The van der Waals surface area contributed by atoms with Gasteiger partial charge in [0.2, 0.25) is 0 Å². The Morgan fingerprint density at radius 3 is 2.11 bits per heavy atom. The van der Waals surface area contributed by atoms with E-state index in [-0.39, 0.29) is 15.9 Å². The highest BCUT2D eigenvalue weighted by atomic mass is 32.2. The first-order valence-corrected chi connectivity index (χ1v) is 7.33. The smallest absolute Gasteiger partial charge is 0.294 e. The van der Waals surface area contributed by atoms with Crippen LogP contribution in [0.4, 0.5) is 0 Å². The molecule has 0 aromatic carbocycles. The van der Waals surface area contributed by atoms with Crippen molar-refractivity contribution in [3.8, 4) is 0 Å². The number of thioether (sulfide) groups is 1. The van der Waals surface area contributed by atoms with Gasteiger partial charge in [-0.25, -0.2) is 10.2 Å². The van der Waals surface area contributed by atoms with Crippen molar-refractivity contribution in [2.75, 3.05) is 0 Å². The summed E-state index contributed by atoms with van der Waals surface area (Å²) in [4.78, 5) is 8.91. The second-order valence-corrected chi connectivity index (χ2v) is 7.07. The fraction of sp³-hybridized carbons (Fsp3) is 0.833. The third-order valence-electron chi connectivity index (χ3n) is 4.61. The van der Waals surface area contributed by atoms with E-state index in [0.29, 0.717) is 0 Å². The van der Waals surface area contributed by atoms with Gasteiger partial charge in [0.15, 0.2) is 5.17 Å². The van der Waals surface area contributed by atoms with Crippen LogP contribution in [-0.2, 0) is 4.89 Å². The van der Waals surface area contributed by atoms with Gasteiger partial charge in [-0.05, 0) is 56.3 Å². The molecular weight excluding hydrogens is 250 g/mol. The highest BCUT2D eigenvalue weighted by Crippen LogP contribution is 2.57. The molecule has 18 heavy (non-hydrogen) atoms. The van der Waals surface area contributed by atoms with E-state index in [9.17, 15) is 0 Å². The maximum Gasteiger partial charge on any atom is 0.294 e. The summed E-state index contributed by atoms with van der Waals surface area (Å²) in [5, 5.41) is 16.1. The van der Waals surface area contributed by atoms with Gasteiger partial charge >= 0.3 is 0 Å². The summed E-state index contributed by atoms with van der Waals surface area (Å²) in [5.74, 6) is 2.38. The molecular formula is C12H19N3O2S. The Morgan fingerprint density at radius 2 is 1.72 bits per heavy atom. The molecule has 0 saturated heterocycles. The molecule has 0 aromatic rings. The normalized spacial score (nSPS) is 42.1. The zero-order valence-electron chi connectivity index (χ0n) is 10.3. The van der Waals surface area contributed by atoms with Crippen molar-refractivity contribution >= 4 is 22.2 Å². The molecule has 5 nitrogen and oxygen atoms in total. The minimum atomic E-state index is -0.104. The first kappa shape index (κ1) is 12.3. The molecule has 4 saturated carbocycles. The standard InChI is InChI=1S/C12H19N3O2S/c13-10(14)18-11(17-16)15-12-4-7-1-8(5-12)3-9(2-7)6-12/h7-9,16H,1-6H2,(H3,13,14). The number of amidine groups is 1. The molecule has 0 aliphatic heterocycles. The lowest BCUT2D eigenvalue weighted by atomic mass is 9.53. The number of hydrogen-bond acceptors (Lipinski definition) is 5. The Morgan fingerprint density at radius 1 is 1.22 bits per heavy atom. The van der Waals surface area contributed by atoms with Crippen LogP contribution in [0.1, 0.15) is 38.5 Å². The van der Waals surface area contributed by atoms with Crippen LogP contribution in [0.2, 0.25) is 0 Å². The van der Waals surface area contributed by atoms with E-state index in [1.165, 1.54) is 19.3 Å². The minimum absolute atomic E-state index is 0.0603. The first-order valence-electron chi connectivity index (χ1n) is 6.52. The SMILES string of the molecule is N=C(N)SC(=NC12CC3CC(CC(C3)C1)C2)OO. The topological polar surface area (TPSA) is 91.7 Å². The summed E-state index contributed by atoms with van der Waals surface area (Å²) in [6, 6.07) is 0. The fourth-order valence-electron chi connectivity index (χ4n) is 4.55. The largest absolute Gasteiger partial charge is 0.378 e. The van der Waals surface area contributed by atoms with Gasteiger partial charge in [0.05, 0.1) is 5.54 Å². The molecule has 4 N–H and O–H groups in total. The first-order chi connectivity index (χ1) is 8.58. The predicted molar refractivity (Wildman–Crippen MR) is 71.6 cm³/mol. The third kappa shape index (κ3) is 2.23. The molecule has 0 atom stereocenters. The van der Waals surface area contributed by atoms with Gasteiger partial charge in [-0.15, -0.1) is 0 Å². The molecule has 4 rings (SSSR count). The quantitative estimate of drug-likeness (QED) is 0.295. The number of aliphatic imine (C=N–C) groups is 1. The lowest BCUT2D eigenvalue weighted by Gasteiger charge is -2.54. The highest BCUT2D eigenvalue weighted by molar-refractivity contribution is 8.26. The summed E-state index contributed by atoms with van der Waals surface area (Å²) in [7, 11) is 0. The summed E-state index contributed by atoms with van der Waals surface area (Å²) in [5.41, 5.74) is 5.25. The molecule has 0 aromatic heterocycles. The van der Waals surface area contributed by atoms with Crippen LogP contribution in [0.15, 0.2) is 4.99 Å². The van der Waals surface area contributed by atoms with E-state index in [1.54, 1.807) is 0 Å². The molecule has 4 aliphatic carbocycles. The van der Waals surface area contributed by atoms with E-state index in [4.69, 9.17) is 16.4 Å². The molecule has 100 valence electrons. The molecule has 6 heteroatoms. The van der Waals surface area contributed by atoms with Gasteiger partial charge in [-0.1, -0.05) is 0 Å². The van der Waals surface area contributed by atoms with Crippen molar-refractivity contribution in [1.29, 1.82) is 5.41 Å². The van der Waals surface area contributed by atoms with Gasteiger partial charge in [0, 0.05) is 11.8 Å². The molecule has 0 radical (unpaired) electrons. The summed E-state index contributed by atoms with van der Waals surface area (Å²) in [6.07, 6.45) is 7.36. The Balaban J connectivity index is 1.82. The van der Waals surface area contributed by atoms with E-state index < -0.39 is 0 Å². The summed E-state index contributed by atoms with van der Waals surface area (Å²) < 4.78 is 0. The van der Waals surface area contributed by atoms with Crippen LogP contribution in [0, 0.1) is 23.2 Å². The zero-order valence-corrected chi connectivity index (χ0v) is 11.1. The van der Waals surface area contributed by atoms with Gasteiger partial charge in [-0.3, -0.25) is 5.41 Å². The number of hydrogen-bond donors (Lipinski definition) is 3. The van der Waals surface area contributed by atoms with Gasteiger partial charge in [0.25, 0.3) is 5.23 Å². The average Bonchev–Trinajstić information content (AvgIpc) is 2.25. The maximum atomic E-state index is 8.87. The van der Waals surface area contributed by atoms with Crippen LogP contribution in [0.3, 0.4) is 0 Å². The lowest BCUT2D eigenvalue weighted by Crippen LogP contribution is -2.49. The monoisotopic (exact) mass is 269 g/mol. The highest BCUT2D eigenvalue weighted by Gasteiger charge is 2.51. The number of rotatable bonds is 1. The molecule has 0 unspecified atom stereocenters. The van der Waals surface area contributed by atoms with Crippen LogP contribution in [0.25, 0.3) is 0 Å². The summed E-state index contributed by atoms with van der Waals surface area (Å²) in [6.45, 7) is 0. The van der Waals surface area contributed by atoms with E-state index in [2.05, 4.69) is 9.88 Å². The predicted octanol–water partition coefficient (Wildman–Crippen LogP) is 2.43. The number of nitrogens with one attached hydrogen (secondary N) is 1. The number of nitrogens with zero attached hydrogens (tertiary/aromatic N) is 1. The van der Waals surface area contributed by atoms with E-state index in [0.717, 1.165) is 48.8 Å². The molecule has 0 heterocycles. The van der Waals surface area contributed by atoms with Crippen LogP contribution >= 0.6 is 11.8 Å². The Hall–Kier alpha value is -0.750. The molecule has 4 aliphatic rings. The van der Waals surface area contributed by atoms with Crippen molar-refractivity contribution in [2.45, 2.75) is 44.1 Å². The molecule has 0 amide bonds. The molecule has 0 spiro atoms. The average molecular weight is 269 g/mol. The molecule has 4 fully saturated rings. The van der Waals surface area contributed by atoms with Gasteiger partial charge < -0.3 is 10.6 Å². The molecule has 4 bridgehead atoms. The van der Waals surface area contributed by atoms with Crippen LogP contribution in [0.5, 0.6) is 0 Å². The summed E-state index contributed by atoms with van der Waals surface area (Å²) >= 11 is 0.887. The van der Waals surface area contributed by atoms with Gasteiger partial charge in [-0.2, -0.15) is 0 Å². The van der Waals surface area contributed by atoms with Crippen molar-refractivity contribution in [1.82, 2.24) is 0 Å². The second-order valence-electron chi connectivity index (χ2n) is 6.08. The lowest BCUT2D eigenvalue weighted by molar-refractivity contribution is -0.151. The Labute approximate surface area is 111 Å². The Kier molecular flexibility index (Phi) is 3.02. The van der Waals surface area contributed by atoms with Crippen LogP contribution in [-0.4, -0.2) is 21.2 Å². The Bertz CT molecular complexity index is 361. The van der Waals surface area contributed by atoms with Crippen LogP contribution < -0.4 is 5.73 Å². The van der Waals surface area contributed by atoms with E-state index >= 15 is 0 Å².